The van der Waals surface area contributed by atoms with Crippen molar-refractivity contribution in [2.75, 3.05) is 6.54 Å². The van der Waals surface area contributed by atoms with E-state index in [2.05, 4.69) is 5.92 Å². The van der Waals surface area contributed by atoms with Crippen molar-refractivity contribution in [2.24, 2.45) is 0 Å². The molecule has 2 nitrogen and oxygen atoms in total. The van der Waals surface area contributed by atoms with Gasteiger partial charge in [0.2, 0.25) is 0 Å². The monoisotopic (exact) mass is 121 g/mol. The third-order valence-electron chi connectivity index (χ3n) is 1.09. The normalized spacial score (nSPS) is 16.9. The Labute approximate surface area is 54.1 Å². The second-order valence-corrected chi connectivity index (χ2v) is 1.74. The van der Waals surface area contributed by atoms with Gasteiger partial charge in [-0.25, -0.2) is 0 Å². The lowest BCUT2D eigenvalue weighted by atomic mass is 10.2. The molecule has 0 aromatic carbocycles. The molecule has 0 radical (unpaired) electrons. The number of nitrogens with zero attached hydrogens (tertiary/aromatic N) is 1. The van der Waals surface area contributed by atoms with E-state index in [1.807, 2.05) is 0 Å². The third kappa shape index (κ3) is 1.34. The van der Waals surface area contributed by atoms with Gasteiger partial charge in [0.05, 0.1) is 6.54 Å². The number of hydrogen-bond acceptors (Lipinski definition) is 2. The number of terminal acetylenes is 1. The molecule has 0 unspecified atom stereocenters. The van der Waals surface area contributed by atoms with Crippen molar-refractivity contribution in [2.45, 2.75) is 0 Å². The van der Waals surface area contributed by atoms with Crippen LogP contribution in [0.3, 0.4) is 0 Å². The maximum Gasteiger partial charge on any atom is 0.0642 e. The van der Waals surface area contributed by atoms with E-state index in [1.165, 1.54) is 6.20 Å². The summed E-state index contributed by atoms with van der Waals surface area (Å²) in [5.74, 6) is 2.46. The van der Waals surface area contributed by atoms with Gasteiger partial charge in [0.1, 0.15) is 0 Å². The summed E-state index contributed by atoms with van der Waals surface area (Å²) >= 11 is 0. The SMILES string of the molecule is C#CC1=CCN(O)C=C1. The Bertz CT molecular complexity index is 197. The molecular weight excluding hydrogens is 114 g/mol. The Morgan fingerprint density at radius 1 is 1.78 bits per heavy atom. The van der Waals surface area contributed by atoms with Crippen LogP contribution in [0, 0.1) is 12.3 Å². The highest BCUT2D eigenvalue weighted by Crippen LogP contribution is 2.02. The van der Waals surface area contributed by atoms with Crippen LogP contribution in [0.25, 0.3) is 0 Å². The summed E-state index contributed by atoms with van der Waals surface area (Å²) in [4.78, 5) is 0. The quantitative estimate of drug-likeness (QED) is 0.478. The molecule has 0 aromatic rings. The summed E-state index contributed by atoms with van der Waals surface area (Å²) in [6.45, 7) is 0.482. The highest BCUT2D eigenvalue weighted by molar-refractivity contribution is 5.37. The Hall–Kier alpha value is -1.20. The topological polar surface area (TPSA) is 23.5 Å². The molecule has 0 amide bonds. The molecule has 2 heteroatoms. The number of hydroxylamine groups is 2. The minimum atomic E-state index is 0.482. The average Bonchev–Trinajstić information content (AvgIpc) is 1.90. The van der Waals surface area contributed by atoms with E-state index in [9.17, 15) is 0 Å². The van der Waals surface area contributed by atoms with Crippen LogP contribution in [0.2, 0.25) is 0 Å². The summed E-state index contributed by atoms with van der Waals surface area (Å²) in [7, 11) is 0. The van der Waals surface area contributed by atoms with E-state index >= 15 is 0 Å². The van der Waals surface area contributed by atoms with Crippen molar-refractivity contribution >= 4 is 0 Å². The second kappa shape index (κ2) is 2.38. The fourth-order valence-electron chi connectivity index (χ4n) is 0.594. The third-order valence-corrected chi connectivity index (χ3v) is 1.09. The molecular formula is C7H7NO. The summed E-state index contributed by atoms with van der Waals surface area (Å²) in [6, 6.07) is 0. The van der Waals surface area contributed by atoms with Gasteiger partial charge in [0.15, 0.2) is 0 Å². The standard InChI is InChI=1S/C7H7NO/c1-2-7-3-5-8(9)6-4-7/h1,3-5,9H,6H2. The first-order valence-electron chi connectivity index (χ1n) is 2.63. The van der Waals surface area contributed by atoms with Gasteiger partial charge in [0.25, 0.3) is 0 Å². The molecule has 46 valence electrons. The Morgan fingerprint density at radius 3 is 3.00 bits per heavy atom. The molecule has 1 N–H and O–H groups in total. The fraction of sp³-hybridized carbons (Fsp3) is 0.143. The molecule has 0 spiro atoms. The molecule has 1 aliphatic rings. The van der Waals surface area contributed by atoms with Crippen LogP contribution >= 0.6 is 0 Å². The summed E-state index contributed by atoms with van der Waals surface area (Å²) in [5, 5.41) is 9.83. The van der Waals surface area contributed by atoms with Crippen molar-refractivity contribution in [3.63, 3.8) is 0 Å². The largest absolute Gasteiger partial charge is 0.289 e. The highest BCUT2D eigenvalue weighted by atomic mass is 16.5. The molecule has 1 rings (SSSR count). The Balaban J connectivity index is 2.66. The minimum Gasteiger partial charge on any atom is -0.289 e. The van der Waals surface area contributed by atoms with Gasteiger partial charge in [-0.1, -0.05) is 5.92 Å². The van der Waals surface area contributed by atoms with Crippen LogP contribution in [0.4, 0.5) is 0 Å². The van der Waals surface area contributed by atoms with E-state index in [-0.39, 0.29) is 0 Å². The Kier molecular flexibility index (Phi) is 1.57. The van der Waals surface area contributed by atoms with Crippen LogP contribution < -0.4 is 0 Å². The number of rotatable bonds is 0. The van der Waals surface area contributed by atoms with Crippen molar-refractivity contribution in [3.8, 4) is 12.3 Å². The van der Waals surface area contributed by atoms with Gasteiger partial charge in [0, 0.05) is 11.8 Å². The fourth-order valence-corrected chi connectivity index (χ4v) is 0.594. The second-order valence-electron chi connectivity index (χ2n) is 1.74. The lowest BCUT2D eigenvalue weighted by Gasteiger charge is -2.11. The highest BCUT2D eigenvalue weighted by Gasteiger charge is 1.96. The molecule has 0 fully saturated rings. The van der Waals surface area contributed by atoms with Gasteiger partial charge in [-0.3, -0.25) is 10.3 Å². The maximum atomic E-state index is 8.76. The van der Waals surface area contributed by atoms with Crippen molar-refractivity contribution in [3.05, 3.63) is 23.9 Å². The van der Waals surface area contributed by atoms with Gasteiger partial charge < -0.3 is 0 Å². The van der Waals surface area contributed by atoms with E-state index in [0.29, 0.717) is 6.54 Å². The zero-order chi connectivity index (χ0) is 6.69. The molecule has 0 atom stereocenters. The predicted molar refractivity (Wildman–Crippen MR) is 34.5 cm³/mol. The lowest BCUT2D eigenvalue weighted by Crippen LogP contribution is -2.13. The first-order chi connectivity index (χ1) is 4.33. The molecule has 1 heterocycles. The Morgan fingerprint density at radius 2 is 2.56 bits per heavy atom. The van der Waals surface area contributed by atoms with Crippen molar-refractivity contribution in [1.82, 2.24) is 5.06 Å². The van der Waals surface area contributed by atoms with E-state index < -0.39 is 0 Å². The molecule has 0 aliphatic carbocycles. The van der Waals surface area contributed by atoms with Crippen molar-refractivity contribution in [1.29, 1.82) is 0 Å². The molecule has 0 saturated heterocycles. The first kappa shape index (κ1) is 5.93. The van der Waals surface area contributed by atoms with E-state index in [1.54, 1.807) is 12.2 Å². The smallest absolute Gasteiger partial charge is 0.0642 e. The first-order valence-corrected chi connectivity index (χ1v) is 2.63. The predicted octanol–water partition coefficient (Wildman–Crippen LogP) is 0.764. The maximum absolute atomic E-state index is 8.76. The minimum absolute atomic E-state index is 0.482. The van der Waals surface area contributed by atoms with Crippen LogP contribution in [-0.4, -0.2) is 16.8 Å². The average molecular weight is 121 g/mol. The molecule has 0 bridgehead atoms. The zero-order valence-electron chi connectivity index (χ0n) is 4.91. The summed E-state index contributed by atoms with van der Waals surface area (Å²) < 4.78 is 0. The molecule has 0 aromatic heterocycles. The van der Waals surface area contributed by atoms with Gasteiger partial charge in [-0.15, -0.1) is 6.42 Å². The van der Waals surface area contributed by atoms with Crippen LogP contribution in [-0.2, 0) is 0 Å². The van der Waals surface area contributed by atoms with Gasteiger partial charge in [-0.2, -0.15) is 0 Å². The van der Waals surface area contributed by atoms with Crippen LogP contribution in [0.5, 0.6) is 0 Å². The van der Waals surface area contributed by atoms with Crippen LogP contribution in [0.15, 0.2) is 23.9 Å². The summed E-state index contributed by atoms with van der Waals surface area (Å²) in [5.41, 5.74) is 0.820. The molecule has 9 heavy (non-hydrogen) atoms. The van der Waals surface area contributed by atoms with Gasteiger partial charge in [-0.05, 0) is 12.2 Å². The van der Waals surface area contributed by atoms with Crippen molar-refractivity contribution < 1.29 is 5.21 Å². The lowest BCUT2D eigenvalue weighted by molar-refractivity contribution is -0.0304. The zero-order valence-corrected chi connectivity index (χ0v) is 4.91. The molecule has 0 saturated carbocycles. The van der Waals surface area contributed by atoms with E-state index in [4.69, 9.17) is 11.6 Å². The number of hydrogen-bond donors (Lipinski definition) is 1. The summed E-state index contributed by atoms with van der Waals surface area (Å²) in [6.07, 6.45) is 10.1. The van der Waals surface area contributed by atoms with E-state index in [0.717, 1.165) is 10.6 Å². The number of allylic oxidation sites excluding steroid dienone is 2. The molecule has 1 aliphatic heterocycles. The van der Waals surface area contributed by atoms with Crippen LogP contribution in [0.1, 0.15) is 0 Å². The van der Waals surface area contributed by atoms with Gasteiger partial charge >= 0.3 is 0 Å².